The highest BCUT2D eigenvalue weighted by atomic mass is 35.5. The molecule has 2 aromatic rings. The summed E-state index contributed by atoms with van der Waals surface area (Å²) in [6, 6.07) is 6.70. The van der Waals surface area contributed by atoms with Crippen LogP contribution < -0.4 is 5.32 Å². The molecule has 0 bridgehead atoms. The first kappa shape index (κ1) is 26.7. The minimum Gasteiger partial charge on any atom is -0.309 e. The Labute approximate surface area is 209 Å². The van der Waals surface area contributed by atoms with E-state index in [1.165, 1.54) is 51.0 Å². The van der Waals surface area contributed by atoms with E-state index in [9.17, 15) is 13.2 Å². The predicted molar refractivity (Wildman–Crippen MR) is 138 cm³/mol. The van der Waals surface area contributed by atoms with Gasteiger partial charge in [-0.25, -0.2) is 8.42 Å². The Morgan fingerprint density at radius 3 is 2.53 bits per heavy atom. The van der Waals surface area contributed by atoms with Gasteiger partial charge in [-0.1, -0.05) is 82.4 Å². The number of aryl methyl sites for hydroxylation is 1. The van der Waals surface area contributed by atoms with Gasteiger partial charge in [-0.15, -0.1) is 0 Å². The number of halogens is 1. The summed E-state index contributed by atoms with van der Waals surface area (Å²) in [7, 11) is -3.42. The van der Waals surface area contributed by atoms with Crippen molar-refractivity contribution in [2.75, 3.05) is 11.6 Å². The van der Waals surface area contributed by atoms with E-state index in [1.54, 1.807) is 12.1 Å². The van der Waals surface area contributed by atoms with Gasteiger partial charge in [0.25, 0.3) is 0 Å². The number of carbonyl (C=O) groups excluding carboxylic acids is 1. The van der Waals surface area contributed by atoms with Crippen LogP contribution in [0.1, 0.15) is 89.0 Å². The van der Waals surface area contributed by atoms with Crippen molar-refractivity contribution in [3.8, 4) is 0 Å². The number of sulfone groups is 1. The molecule has 0 saturated heterocycles. The maximum atomic E-state index is 13.3. The van der Waals surface area contributed by atoms with Gasteiger partial charge in [0.2, 0.25) is 5.91 Å². The Kier molecular flexibility index (Phi) is 10.0. The van der Waals surface area contributed by atoms with Crippen LogP contribution in [0.3, 0.4) is 0 Å². The highest BCUT2D eigenvalue weighted by Gasteiger charge is 2.28. The first-order valence-electron chi connectivity index (χ1n) is 12.6. The summed E-state index contributed by atoms with van der Waals surface area (Å²) >= 11 is 6.30. The third-order valence-electron chi connectivity index (χ3n) is 6.75. The summed E-state index contributed by atoms with van der Waals surface area (Å²) in [6.07, 6.45) is 15.7. The first-order valence-corrected chi connectivity index (χ1v) is 14.9. The third kappa shape index (κ3) is 7.84. The molecule has 1 aliphatic rings. The molecule has 1 amide bonds. The van der Waals surface area contributed by atoms with Crippen LogP contribution in [0.5, 0.6) is 0 Å². The van der Waals surface area contributed by atoms with Crippen molar-refractivity contribution in [3.05, 3.63) is 41.0 Å². The Balaban J connectivity index is 1.67. The van der Waals surface area contributed by atoms with Gasteiger partial charge in [0.15, 0.2) is 15.7 Å². The number of hydrogen-bond acceptors (Lipinski definition) is 4. The number of nitrogens with one attached hydrogen (secondary N) is 1. The van der Waals surface area contributed by atoms with Crippen molar-refractivity contribution in [3.63, 3.8) is 0 Å². The lowest BCUT2D eigenvalue weighted by molar-refractivity contribution is -0.118. The molecule has 1 saturated carbocycles. The molecule has 1 fully saturated rings. The van der Waals surface area contributed by atoms with Crippen LogP contribution in [-0.4, -0.2) is 30.4 Å². The van der Waals surface area contributed by atoms with Gasteiger partial charge in [-0.05, 0) is 36.5 Å². The summed E-state index contributed by atoms with van der Waals surface area (Å²) < 4.78 is 25.8. The monoisotopic (exact) mass is 507 g/mol. The van der Waals surface area contributed by atoms with Crippen molar-refractivity contribution in [1.29, 1.82) is 0 Å². The second kappa shape index (κ2) is 12.7. The Morgan fingerprint density at radius 1 is 1.15 bits per heavy atom. The van der Waals surface area contributed by atoms with Gasteiger partial charge >= 0.3 is 0 Å². The third-order valence-corrected chi connectivity index (χ3v) is 8.33. The summed E-state index contributed by atoms with van der Waals surface area (Å²) in [4.78, 5) is 13.4. The van der Waals surface area contributed by atoms with Gasteiger partial charge in [-0.3, -0.25) is 9.48 Å². The quantitative estimate of drug-likeness (QED) is 0.309. The number of aromatic nitrogens is 2. The summed E-state index contributed by atoms with van der Waals surface area (Å²) in [5.41, 5.74) is 0.744. The van der Waals surface area contributed by atoms with Crippen LogP contribution in [0.25, 0.3) is 0 Å². The average molecular weight is 508 g/mol. The first-order chi connectivity index (χ1) is 16.3. The molecule has 1 heterocycles. The van der Waals surface area contributed by atoms with E-state index in [-0.39, 0.29) is 15.8 Å². The zero-order valence-corrected chi connectivity index (χ0v) is 22.0. The number of unbranched alkanes of at least 4 members (excludes halogenated alkanes) is 5. The van der Waals surface area contributed by atoms with Crippen molar-refractivity contribution >= 4 is 33.2 Å². The van der Waals surface area contributed by atoms with Crippen LogP contribution in [0, 0.1) is 5.92 Å². The van der Waals surface area contributed by atoms with Crippen LogP contribution in [0.2, 0.25) is 5.02 Å². The van der Waals surface area contributed by atoms with Crippen LogP contribution in [0.15, 0.2) is 35.4 Å². The molecule has 34 heavy (non-hydrogen) atoms. The van der Waals surface area contributed by atoms with Crippen LogP contribution in [0.4, 0.5) is 5.82 Å². The smallest absolute Gasteiger partial charge is 0.233 e. The highest BCUT2D eigenvalue weighted by molar-refractivity contribution is 7.90. The van der Waals surface area contributed by atoms with E-state index >= 15 is 0 Å². The van der Waals surface area contributed by atoms with Crippen molar-refractivity contribution in [2.45, 2.75) is 94.9 Å². The maximum absolute atomic E-state index is 13.3. The number of anilines is 1. The molecule has 0 spiro atoms. The van der Waals surface area contributed by atoms with Crippen LogP contribution >= 0.6 is 11.6 Å². The van der Waals surface area contributed by atoms with Gasteiger partial charge in [0.05, 0.1) is 15.8 Å². The molecule has 1 unspecified atom stereocenters. The summed E-state index contributed by atoms with van der Waals surface area (Å²) in [5, 5.41) is 7.68. The number of amides is 1. The number of benzene rings is 1. The lowest BCUT2D eigenvalue weighted by Crippen LogP contribution is -2.23. The highest BCUT2D eigenvalue weighted by Crippen LogP contribution is 2.36. The number of nitrogens with zero attached hydrogens (tertiary/aromatic N) is 2. The molecule has 0 aliphatic heterocycles. The molecule has 6 nitrogen and oxygen atoms in total. The molecule has 1 N–H and O–H groups in total. The molecule has 8 heteroatoms. The molecule has 3 rings (SSSR count). The molecular formula is C26H38ClN3O3S. The lowest BCUT2D eigenvalue weighted by atomic mass is 9.87. The molecule has 0 radical (unpaired) electrons. The van der Waals surface area contributed by atoms with Crippen molar-refractivity contribution < 1.29 is 13.2 Å². The minimum absolute atomic E-state index is 0.0892. The topological polar surface area (TPSA) is 81.1 Å². The molecule has 1 aromatic carbocycles. The molecule has 188 valence electrons. The van der Waals surface area contributed by atoms with E-state index in [2.05, 4.69) is 17.3 Å². The lowest BCUT2D eigenvalue weighted by Gasteiger charge is -2.21. The zero-order chi connectivity index (χ0) is 24.6. The standard InChI is InChI=1S/C26H38ClN3O3S/c1-3-4-5-6-7-10-16-30-17-15-25(29-30)28-26(31)22(18-20-11-8-9-12-20)21-13-14-24(23(27)19-21)34(2,32)33/h13-15,17,19-20,22H,3-12,16,18H2,1-2H3,(H,28,29,31). The molecular weight excluding hydrogens is 470 g/mol. The Bertz CT molecular complexity index is 1050. The van der Waals surface area contributed by atoms with E-state index < -0.39 is 15.8 Å². The second-order valence-electron chi connectivity index (χ2n) is 9.62. The van der Waals surface area contributed by atoms with Gasteiger partial charge < -0.3 is 5.32 Å². The fourth-order valence-corrected chi connectivity index (χ4v) is 6.17. The van der Waals surface area contributed by atoms with Gasteiger partial charge in [0.1, 0.15) is 0 Å². The fraction of sp³-hybridized carbons (Fsp3) is 0.615. The van der Waals surface area contributed by atoms with E-state index in [0.29, 0.717) is 11.7 Å². The maximum Gasteiger partial charge on any atom is 0.233 e. The van der Waals surface area contributed by atoms with Crippen LogP contribution in [-0.2, 0) is 21.2 Å². The second-order valence-corrected chi connectivity index (χ2v) is 12.0. The van der Waals surface area contributed by atoms with Gasteiger partial charge in [-0.2, -0.15) is 5.10 Å². The van der Waals surface area contributed by atoms with Gasteiger partial charge in [0, 0.05) is 25.1 Å². The zero-order valence-electron chi connectivity index (χ0n) is 20.4. The molecule has 1 aromatic heterocycles. The minimum atomic E-state index is -3.42. The van der Waals surface area contributed by atoms with E-state index in [4.69, 9.17) is 11.6 Å². The van der Waals surface area contributed by atoms with Crippen molar-refractivity contribution in [1.82, 2.24) is 9.78 Å². The van der Waals surface area contributed by atoms with E-state index in [1.807, 2.05) is 16.9 Å². The number of rotatable bonds is 13. The SMILES string of the molecule is CCCCCCCCn1ccc(NC(=O)C(CC2CCCC2)c2ccc(S(C)(=O)=O)c(Cl)c2)n1. The normalized spacial score (nSPS) is 15.5. The predicted octanol–water partition coefficient (Wildman–Crippen LogP) is 6.60. The van der Waals surface area contributed by atoms with Crippen molar-refractivity contribution in [2.24, 2.45) is 5.92 Å². The Morgan fingerprint density at radius 2 is 1.85 bits per heavy atom. The molecule has 1 aliphatic carbocycles. The molecule has 1 atom stereocenters. The summed E-state index contributed by atoms with van der Waals surface area (Å²) in [6.45, 7) is 3.06. The average Bonchev–Trinajstić information content (AvgIpc) is 3.45. The fourth-order valence-electron chi connectivity index (χ4n) is 4.83. The Hall–Kier alpha value is -1.86. The van der Waals surface area contributed by atoms with E-state index in [0.717, 1.165) is 44.0 Å². The summed E-state index contributed by atoms with van der Waals surface area (Å²) in [5.74, 6) is 0.499. The largest absolute Gasteiger partial charge is 0.309 e. The number of carbonyl (C=O) groups is 1. The number of hydrogen-bond donors (Lipinski definition) is 1.